The van der Waals surface area contributed by atoms with E-state index in [0.29, 0.717) is 23.5 Å². The third-order valence-corrected chi connectivity index (χ3v) is 4.76. The van der Waals surface area contributed by atoms with E-state index in [4.69, 9.17) is 11.6 Å². The van der Waals surface area contributed by atoms with Crippen LogP contribution in [0.1, 0.15) is 37.8 Å². The zero-order chi connectivity index (χ0) is 18.8. The van der Waals surface area contributed by atoms with E-state index >= 15 is 0 Å². The molecule has 2 rings (SSSR count). The molecule has 1 atom stereocenters. The maximum absolute atomic E-state index is 13.2. The molecule has 142 valence electrons. The minimum Gasteiger partial charge on any atom is -0.315 e. The molecule has 2 nitrogen and oxygen atoms in total. The molecular formula is C22H30ClFN2. The van der Waals surface area contributed by atoms with Crippen molar-refractivity contribution in [1.82, 2.24) is 10.6 Å². The van der Waals surface area contributed by atoms with Crippen molar-refractivity contribution in [3.63, 3.8) is 0 Å². The molecule has 2 aromatic carbocycles. The van der Waals surface area contributed by atoms with Gasteiger partial charge in [-0.3, -0.25) is 0 Å². The van der Waals surface area contributed by atoms with Gasteiger partial charge in [-0.25, -0.2) is 4.39 Å². The monoisotopic (exact) mass is 376 g/mol. The van der Waals surface area contributed by atoms with Crippen LogP contribution in [0.25, 0.3) is 0 Å². The highest BCUT2D eigenvalue weighted by Crippen LogP contribution is 2.17. The molecule has 0 saturated carbocycles. The number of hydrogen-bond acceptors (Lipinski definition) is 2. The van der Waals surface area contributed by atoms with Gasteiger partial charge in [-0.15, -0.1) is 0 Å². The molecule has 0 bridgehead atoms. The molecule has 1 unspecified atom stereocenters. The van der Waals surface area contributed by atoms with E-state index in [2.05, 4.69) is 54.8 Å². The number of nitrogens with one attached hydrogen (secondary N) is 2. The highest BCUT2D eigenvalue weighted by atomic mass is 35.5. The van der Waals surface area contributed by atoms with Crippen LogP contribution in [0.4, 0.5) is 4.39 Å². The first kappa shape index (κ1) is 20.9. The molecule has 0 aliphatic heterocycles. The number of hydrogen-bond donors (Lipinski definition) is 2. The summed E-state index contributed by atoms with van der Waals surface area (Å²) in [6.45, 7) is 7.04. The average molecular weight is 377 g/mol. The minimum absolute atomic E-state index is 0.294. The predicted octanol–water partition coefficient (Wildman–Crippen LogP) is 5.21. The highest BCUT2D eigenvalue weighted by Gasteiger charge is 2.11. The van der Waals surface area contributed by atoms with Crippen molar-refractivity contribution >= 4 is 11.6 Å². The van der Waals surface area contributed by atoms with E-state index in [9.17, 15) is 4.39 Å². The Balaban J connectivity index is 1.73. The van der Waals surface area contributed by atoms with Gasteiger partial charge in [0.05, 0.1) is 0 Å². The van der Waals surface area contributed by atoms with E-state index in [-0.39, 0.29) is 5.82 Å². The van der Waals surface area contributed by atoms with Gasteiger partial charge < -0.3 is 10.6 Å². The lowest BCUT2D eigenvalue weighted by atomic mass is 10.0. The van der Waals surface area contributed by atoms with Crippen LogP contribution in [-0.4, -0.2) is 19.1 Å². The molecule has 0 heterocycles. The van der Waals surface area contributed by atoms with Crippen molar-refractivity contribution in [3.8, 4) is 0 Å². The summed E-state index contributed by atoms with van der Waals surface area (Å²) in [6, 6.07) is 15.5. The van der Waals surface area contributed by atoms with Crippen LogP contribution in [0.2, 0.25) is 5.02 Å². The smallest absolute Gasteiger partial charge is 0.124 e. The summed E-state index contributed by atoms with van der Waals surface area (Å²) in [5, 5.41) is 7.62. The van der Waals surface area contributed by atoms with Crippen LogP contribution in [0.15, 0.2) is 48.5 Å². The fourth-order valence-electron chi connectivity index (χ4n) is 3.07. The first-order chi connectivity index (χ1) is 12.5. The van der Waals surface area contributed by atoms with Crippen molar-refractivity contribution in [3.05, 3.63) is 70.5 Å². The first-order valence-electron chi connectivity index (χ1n) is 9.46. The Morgan fingerprint density at radius 2 is 1.85 bits per heavy atom. The molecule has 0 radical (unpaired) electrons. The normalized spacial score (nSPS) is 12.5. The first-order valence-corrected chi connectivity index (χ1v) is 9.84. The Kier molecular flexibility index (Phi) is 9.10. The standard InChI is InChI=1S/C22H30ClFN2/c1-17(2)13-21(26-15-19-10-11-20(24)14-22(19)23)16-25-12-6-9-18-7-4-3-5-8-18/h3-5,7-8,10-11,14,17,21,25-26H,6,9,12-13,15-16H2,1-2H3. The number of benzene rings is 2. The Bertz CT molecular complexity index is 646. The molecule has 2 aromatic rings. The second kappa shape index (κ2) is 11.3. The van der Waals surface area contributed by atoms with Crippen molar-refractivity contribution < 1.29 is 4.39 Å². The lowest BCUT2D eigenvalue weighted by Crippen LogP contribution is -2.39. The molecule has 0 aliphatic rings. The van der Waals surface area contributed by atoms with Crippen LogP contribution in [0.5, 0.6) is 0 Å². The van der Waals surface area contributed by atoms with Crippen LogP contribution < -0.4 is 10.6 Å². The topological polar surface area (TPSA) is 24.1 Å². The van der Waals surface area contributed by atoms with Gasteiger partial charge in [-0.1, -0.05) is 61.8 Å². The van der Waals surface area contributed by atoms with Crippen molar-refractivity contribution in [2.45, 2.75) is 45.7 Å². The van der Waals surface area contributed by atoms with Gasteiger partial charge in [-0.2, -0.15) is 0 Å². The number of halogens is 2. The second-order valence-corrected chi connectivity index (χ2v) is 7.64. The van der Waals surface area contributed by atoms with Crippen molar-refractivity contribution in [2.75, 3.05) is 13.1 Å². The molecule has 26 heavy (non-hydrogen) atoms. The minimum atomic E-state index is -0.294. The van der Waals surface area contributed by atoms with Gasteiger partial charge >= 0.3 is 0 Å². The summed E-state index contributed by atoms with van der Waals surface area (Å²) in [5.74, 6) is 0.319. The Morgan fingerprint density at radius 1 is 1.08 bits per heavy atom. The predicted molar refractivity (Wildman–Crippen MR) is 109 cm³/mol. The van der Waals surface area contributed by atoms with Crippen LogP contribution in [-0.2, 0) is 13.0 Å². The van der Waals surface area contributed by atoms with Crippen molar-refractivity contribution in [1.29, 1.82) is 0 Å². The molecule has 0 spiro atoms. The van der Waals surface area contributed by atoms with Crippen LogP contribution in [0.3, 0.4) is 0 Å². The van der Waals surface area contributed by atoms with E-state index in [1.165, 1.54) is 17.7 Å². The highest BCUT2D eigenvalue weighted by molar-refractivity contribution is 6.31. The van der Waals surface area contributed by atoms with Gasteiger partial charge in [0.1, 0.15) is 5.82 Å². The summed E-state index contributed by atoms with van der Waals surface area (Å²) in [4.78, 5) is 0. The van der Waals surface area contributed by atoms with Gasteiger partial charge in [0, 0.05) is 24.2 Å². The summed E-state index contributed by atoms with van der Waals surface area (Å²) in [6.07, 6.45) is 3.31. The van der Waals surface area contributed by atoms with E-state index < -0.39 is 0 Å². The fourth-order valence-corrected chi connectivity index (χ4v) is 3.30. The lowest BCUT2D eigenvalue weighted by molar-refractivity contribution is 0.396. The Morgan fingerprint density at radius 3 is 2.54 bits per heavy atom. The Labute approximate surface area is 162 Å². The zero-order valence-corrected chi connectivity index (χ0v) is 16.5. The molecule has 0 fully saturated rings. The molecule has 2 N–H and O–H groups in total. The average Bonchev–Trinajstić information content (AvgIpc) is 2.60. The number of aryl methyl sites for hydroxylation is 1. The van der Waals surface area contributed by atoms with E-state index in [1.54, 1.807) is 6.07 Å². The lowest BCUT2D eigenvalue weighted by Gasteiger charge is -2.22. The fraction of sp³-hybridized carbons (Fsp3) is 0.455. The molecule has 0 amide bonds. The van der Waals surface area contributed by atoms with Gasteiger partial charge in [0.15, 0.2) is 0 Å². The molecule has 0 aliphatic carbocycles. The van der Waals surface area contributed by atoms with E-state index in [1.807, 2.05) is 0 Å². The summed E-state index contributed by atoms with van der Waals surface area (Å²) in [5.41, 5.74) is 2.32. The van der Waals surface area contributed by atoms with Crippen LogP contribution in [0, 0.1) is 11.7 Å². The largest absolute Gasteiger partial charge is 0.315 e. The summed E-state index contributed by atoms with van der Waals surface area (Å²) < 4.78 is 13.2. The molecule has 4 heteroatoms. The summed E-state index contributed by atoms with van der Waals surface area (Å²) >= 11 is 6.13. The maximum atomic E-state index is 13.2. The SMILES string of the molecule is CC(C)CC(CNCCCc1ccccc1)NCc1ccc(F)cc1Cl. The molecular weight excluding hydrogens is 347 g/mol. The van der Waals surface area contributed by atoms with Gasteiger partial charge in [0.25, 0.3) is 0 Å². The third-order valence-electron chi connectivity index (χ3n) is 4.40. The zero-order valence-electron chi connectivity index (χ0n) is 15.8. The second-order valence-electron chi connectivity index (χ2n) is 7.24. The van der Waals surface area contributed by atoms with Gasteiger partial charge in [-0.05, 0) is 55.0 Å². The molecule has 0 saturated heterocycles. The quantitative estimate of drug-likeness (QED) is 0.526. The van der Waals surface area contributed by atoms with Gasteiger partial charge in [0.2, 0.25) is 0 Å². The maximum Gasteiger partial charge on any atom is 0.124 e. The van der Waals surface area contributed by atoms with Crippen molar-refractivity contribution in [2.24, 2.45) is 5.92 Å². The van der Waals surface area contributed by atoms with E-state index in [0.717, 1.165) is 37.9 Å². The number of rotatable bonds is 11. The Hall–Kier alpha value is -1.42. The van der Waals surface area contributed by atoms with Crippen LogP contribution >= 0.6 is 11.6 Å². The third kappa shape index (κ3) is 7.86. The molecule has 0 aromatic heterocycles. The summed E-state index contributed by atoms with van der Waals surface area (Å²) in [7, 11) is 0.